The molecule has 2 aromatic rings. The van der Waals surface area contributed by atoms with E-state index in [2.05, 4.69) is 5.32 Å². The van der Waals surface area contributed by atoms with Crippen molar-refractivity contribution in [1.82, 2.24) is 0 Å². The average molecular weight is 321 g/mol. The van der Waals surface area contributed by atoms with Gasteiger partial charge in [-0.25, -0.2) is 4.39 Å². The van der Waals surface area contributed by atoms with Crippen molar-refractivity contribution >= 4 is 23.4 Å². The largest absolute Gasteiger partial charge is 0.497 e. The second-order valence-electron chi connectivity index (χ2n) is 4.36. The van der Waals surface area contributed by atoms with Crippen molar-refractivity contribution in [3.05, 3.63) is 48.3 Å². The number of anilines is 1. The van der Waals surface area contributed by atoms with Crippen LogP contribution in [0, 0.1) is 5.82 Å². The van der Waals surface area contributed by atoms with Gasteiger partial charge in [0.15, 0.2) is 0 Å². The molecular weight excluding hydrogens is 305 g/mol. The number of benzene rings is 2. The molecule has 0 radical (unpaired) electrons. The van der Waals surface area contributed by atoms with Crippen LogP contribution in [-0.2, 0) is 4.79 Å². The topological polar surface area (TPSA) is 47.6 Å². The van der Waals surface area contributed by atoms with Crippen LogP contribution in [0.15, 0.2) is 47.4 Å². The molecule has 2 rings (SSSR count). The fourth-order valence-electron chi connectivity index (χ4n) is 1.79. The maximum Gasteiger partial charge on any atom is 0.234 e. The summed E-state index contributed by atoms with van der Waals surface area (Å²) in [5, 5.41) is 2.70. The average Bonchev–Trinajstić information content (AvgIpc) is 2.54. The van der Waals surface area contributed by atoms with Crippen LogP contribution in [0.3, 0.4) is 0 Å². The van der Waals surface area contributed by atoms with E-state index >= 15 is 0 Å². The van der Waals surface area contributed by atoms with E-state index in [1.54, 1.807) is 7.11 Å². The zero-order chi connectivity index (χ0) is 15.9. The number of rotatable bonds is 6. The molecule has 0 atom stereocenters. The van der Waals surface area contributed by atoms with Crippen molar-refractivity contribution in [3.63, 3.8) is 0 Å². The molecule has 0 aliphatic heterocycles. The molecule has 6 heteroatoms. The lowest BCUT2D eigenvalue weighted by molar-refractivity contribution is -0.113. The molecule has 22 heavy (non-hydrogen) atoms. The molecule has 0 saturated carbocycles. The lowest BCUT2D eigenvalue weighted by atomic mass is 10.3. The second kappa shape index (κ2) is 7.70. The van der Waals surface area contributed by atoms with Gasteiger partial charge in [0.05, 0.1) is 25.7 Å². The highest BCUT2D eigenvalue weighted by Crippen LogP contribution is 2.26. The summed E-state index contributed by atoms with van der Waals surface area (Å²) in [6.45, 7) is 0. The molecule has 0 aliphatic rings. The summed E-state index contributed by atoms with van der Waals surface area (Å²) in [6.07, 6.45) is 0. The molecule has 4 nitrogen and oxygen atoms in total. The van der Waals surface area contributed by atoms with E-state index < -0.39 is 5.82 Å². The number of ether oxygens (including phenoxy) is 2. The van der Waals surface area contributed by atoms with Crippen LogP contribution in [0.25, 0.3) is 0 Å². The third-order valence-electron chi connectivity index (χ3n) is 2.85. The third-order valence-corrected chi connectivity index (χ3v) is 3.84. The molecule has 1 amide bonds. The number of carbonyl (C=O) groups excluding carboxylic acids is 1. The van der Waals surface area contributed by atoms with Crippen LogP contribution in [0.5, 0.6) is 11.5 Å². The molecule has 0 aliphatic carbocycles. The minimum Gasteiger partial charge on any atom is -0.497 e. The standard InChI is InChI=1S/C16H16FNO3S/c1-20-12-4-3-5-13(9-12)22-10-16(19)18-14-7-6-11(17)8-15(14)21-2/h3-9H,10H2,1-2H3,(H,18,19). The third kappa shape index (κ3) is 4.39. The Bertz CT molecular complexity index is 664. The SMILES string of the molecule is COc1cccc(SCC(=O)Nc2ccc(F)cc2OC)c1. The van der Waals surface area contributed by atoms with Gasteiger partial charge in [-0.3, -0.25) is 4.79 Å². The van der Waals surface area contributed by atoms with Gasteiger partial charge in [0.25, 0.3) is 0 Å². The minimum absolute atomic E-state index is 0.197. The number of thioether (sulfide) groups is 1. The Labute approximate surface area is 132 Å². The van der Waals surface area contributed by atoms with Crippen LogP contribution in [0.4, 0.5) is 10.1 Å². The van der Waals surface area contributed by atoms with Crippen molar-refractivity contribution in [2.75, 3.05) is 25.3 Å². The van der Waals surface area contributed by atoms with Gasteiger partial charge in [-0.05, 0) is 30.3 Å². The summed E-state index contributed by atoms with van der Waals surface area (Å²) in [7, 11) is 3.02. The Balaban J connectivity index is 1.95. The number of hydrogen-bond acceptors (Lipinski definition) is 4. The maximum atomic E-state index is 13.1. The van der Waals surface area contributed by atoms with Crippen molar-refractivity contribution in [2.45, 2.75) is 4.90 Å². The number of carbonyl (C=O) groups is 1. The molecule has 0 saturated heterocycles. The molecule has 1 N–H and O–H groups in total. The molecule has 116 valence electrons. The predicted molar refractivity (Wildman–Crippen MR) is 85.3 cm³/mol. The van der Waals surface area contributed by atoms with Gasteiger partial charge >= 0.3 is 0 Å². The summed E-state index contributed by atoms with van der Waals surface area (Å²) in [5.74, 6) is 0.650. The van der Waals surface area contributed by atoms with Gasteiger partial charge in [-0.15, -0.1) is 11.8 Å². The van der Waals surface area contributed by atoms with Crippen LogP contribution < -0.4 is 14.8 Å². The normalized spacial score (nSPS) is 10.1. The van der Waals surface area contributed by atoms with Crippen molar-refractivity contribution < 1.29 is 18.7 Å². The van der Waals surface area contributed by atoms with Gasteiger partial charge in [0, 0.05) is 11.0 Å². The van der Waals surface area contributed by atoms with E-state index in [1.165, 1.54) is 37.1 Å². The Morgan fingerprint density at radius 3 is 2.73 bits per heavy atom. The lowest BCUT2D eigenvalue weighted by Crippen LogP contribution is -2.14. The molecule has 0 aromatic heterocycles. The molecular formula is C16H16FNO3S. The zero-order valence-electron chi connectivity index (χ0n) is 12.3. The van der Waals surface area contributed by atoms with Crippen LogP contribution in [0.2, 0.25) is 0 Å². The molecule has 2 aromatic carbocycles. The first kappa shape index (κ1) is 16.2. The van der Waals surface area contributed by atoms with Gasteiger partial charge in [-0.2, -0.15) is 0 Å². The lowest BCUT2D eigenvalue weighted by Gasteiger charge is -2.10. The van der Waals surface area contributed by atoms with Gasteiger partial charge in [0.2, 0.25) is 5.91 Å². The Morgan fingerprint density at radius 1 is 1.18 bits per heavy atom. The summed E-state index contributed by atoms with van der Waals surface area (Å²) in [6, 6.07) is 11.4. The first-order valence-corrected chi connectivity index (χ1v) is 7.51. The highest BCUT2D eigenvalue weighted by atomic mass is 32.2. The summed E-state index contributed by atoms with van der Waals surface area (Å²) in [5.41, 5.74) is 0.445. The van der Waals surface area contributed by atoms with Gasteiger partial charge in [-0.1, -0.05) is 6.07 Å². The molecule has 0 spiro atoms. The summed E-state index contributed by atoms with van der Waals surface area (Å²) >= 11 is 1.39. The van der Waals surface area contributed by atoms with E-state index in [-0.39, 0.29) is 11.7 Å². The summed E-state index contributed by atoms with van der Waals surface area (Å²) < 4.78 is 23.3. The van der Waals surface area contributed by atoms with Crippen molar-refractivity contribution in [2.24, 2.45) is 0 Å². The van der Waals surface area contributed by atoms with Crippen LogP contribution in [0.1, 0.15) is 0 Å². The first-order valence-electron chi connectivity index (χ1n) is 6.52. The number of nitrogens with one attached hydrogen (secondary N) is 1. The van der Waals surface area contributed by atoms with E-state index in [0.29, 0.717) is 11.4 Å². The highest BCUT2D eigenvalue weighted by molar-refractivity contribution is 8.00. The van der Waals surface area contributed by atoms with E-state index in [9.17, 15) is 9.18 Å². The van der Waals surface area contributed by atoms with Crippen molar-refractivity contribution in [3.8, 4) is 11.5 Å². The molecule has 0 bridgehead atoms. The van der Waals surface area contributed by atoms with Crippen LogP contribution >= 0.6 is 11.8 Å². The maximum absolute atomic E-state index is 13.1. The van der Waals surface area contributed by atoms with E-state index in [4.69, 9.17) is 9.47 Å². The summed E-state index contributed by atoms with van der Waals surface area (Å²) in [4.78, 5) is 12.9. The molecule has 0 fully saturated rings. The smallest absolute Gasteiger partial charge is 0.234 e. The predicted octanol–water partition coefficient (Wildman–Crippen LogP) is 3.57. The highest BCUT2D eigenvalue weighted by Gasteiger charge is 2.09. The Kier molecular flexibility index (Phi) is 5.66. The van der Waals surface area contributed by atoms with E-state index in [0.717, 1.165) is 10.6 Å². The molecule has 0 heterocycles. The van der Waals surface area contributed by atoms with Gasteiger partial charge in [0.1, 0.15) is 17.3 Å². The number of methoxy groups -OCH3 is 2. The first-order chi connectivity index (χ1) is 10.6. The van der Waals surface area contributed by atoms with Crippen molar-refractivity contribution in [1.29, 1.82) is 0 Å². The van der Waals surface area contributed by atoms with Crippen LogP contribution in [-0.4, -0.2) is 25.9 Å². The quantitative estimate of drug-likeness (QED) is 0.826. The Hall–Kier alpha value is -2.21. The monoisotopic (exact) mass is 321 g/mol. The van der Waals surface area contributed by atoms with Gasteiger partial charge < -0.3 is 14.8 Å². The second-order valence-corrected chi connectivity index (χ2v) is 5.41. The molecule has 0 unspecified atom stereocenters. The minimum atomic E-state index is -0.416. The number of amides is 1. The zero-order valence-corrected chi connectivity index (χ0v) is 13.1. The number of hydrogen-bond donors (Lipinski definition) is 1. The Morgan fingerprint density at radius 2 is 2.00 bits per heavy atom. The number of halogens is 1. The van der Waals surface area contributed by atoms with E-state index in [1.807, 2.05) is 24.3 Å². The fraction of sp³-hybridized carbons (Fsp3) is 0.188. The fourth-order valence-corrected chi connectivity index (χ4v) is 2.54.